The lowest BCUT2D eigenvalue weighted by molar-refractivity contribution is -0.151. The lowest BCUT2D eigenvalue weighted by Gasteiger charge is -2.38. The number of allylic oxidation sites excluding steroid dienone is 3. The summed E-state index contributed by atoms with van der Waals surface area (Å²) in [6.07, 6.45) is 0.830. The highest BCUT2D eigenvalue weighted by Crippen LogP contribution is 2.47. The van der Waals surface area contributed by atoms with Crippen molar-refractivity contribution < 1.29 is 33.3 Å². The van der Waals surface area contributed by atoms with Gasteiger partial charge in [0.1, 0.15) is 5.92 Å². The largest absolute Gasteiger partial charge is 0.493 e. The number of benzene rings is 1. The fourth-order valence-electron chi connectivity index (χ4n) is 4.75. The molecule has 1 aliphatic carbocycles. The van der Waals surface area contributed by atoms with Crippen LogP contribution < -0.4 is 14.8 Å². The van der Waals surface area contributed by atoms with Crippen molar-refractivity contribution in [1.29, 1.82) is 0 Å². The summed E-state index contributed by atoms with van der Waals surface area (Å²) in [6, 6.07) is 5.35. The molecule has 0 spiro atoms. The van der Waals surface area contributed by atoms with Gasteiger partial charge < -0.3 is 24.3 Å². The summed E-state index contributed by atoms with van der Waals surface area (Å²) in [4.78, 5) is 39.8. The van der Waals surface area contributed by atoms with Gasteiger partial charge in [0.05, 0.1) is 32.5 Å². The Hall–Kier alpha value is -3.29. The van der Waals surface area contributed by atoms with Crippen LogP contribution in [0.5, 0.6) is 11.5 Å². The molecule has 4 atom stereocenters. The Morgan fingerprint density at radius 3 is 2.49 bits per heavy atom. The average Bonchev–Trinajstić information content (AvgIpc) is 2.83. The van der Waals surface area contributed by atoms with E-state index in [4.69, 9.17) is 18.9 Å². The number of ether oxygens (including phenoxy) is 4. The quantitative estimate of drug-likeness (QED) is 0.435. The molecule has 1 aliphatic heterocycles. The molecule has 8 heteroatoms. The van der Waals surface area contributed by atoms with Gasteiger partial charge in [-0.05, 0) is 57.2 Å². The van der Waals surface area contributed by atoms with E-state index in [-0.39, 0.29) is 17.8 Å². The zero-order valence-electron chi connectivity index (χ0n) is 21.5. The number of carbonyl (C=O) groups excluding carboxylic acids is 3. The molecule has 190 valence electrons. The van der Waals surface area contributed by atoms with Gasteiger partial charge >= 0.3 is 11.9 Å². The Morgan fingerprint density at radius 1 is 1.17 bits per heavy atom. The van der Waals surface area contributed by atoms with E-state index in [1.165, 1.54) is 14.2 Å². The number of carbonyl (C=O) groups is 3. The molecule has 0 aromatic heterocycles. The van der Waals surface area contributed by atoms with Gasteiger partial charge in [-0.3, -0.25) is 9.59 Å². The second-order valence-electron chi connectivity index (χ2n) is 9.00. The number of esters is 2. The molecule has 0 saturated heterocycles. The van der Waals surface area contributed by atoms with Crippen LogP contribution in [-0.2, 0) is 23.9 Å². The van der Waals surface area contributed by atoms with E-state index in [0.717, 1.165) is 0 Å². The molecule has 1 N–H and O–H groups in total. The van der Waals surface area contributed by atoms with Crippen LogP contribution in [0.3, 0.4) is 0 Å². The minimum absolute atomic E-state index is 0.252. The van der Waals surface area contributed by atoms with Crippen LogP contribution in [0.25, 0.3) is 0 Å². The van der Waals surface area contributed by atoms with Crippen LogP contribution in [0.1, 0.15) is 58.9 Å². The lowest BCUT2D eigenvalue weighted by Crippen LogP contribution is -2.43. The first-order valence-corrected chi connectivity index (χ1v) is 12.0. The maximum absolute atomic E-state index is 13.8. The first-order valence-electron chi connectivity index (χ1n) is 12.0. The van der Waals surface area contributed by atoms with Crippen LogP contribution in [0.15, 0.2) is 40.7 Å². The van der Waals surface area contributed by atoms with Gasteiger partial charge in [-0.15, -0.1) is 0 Å². The number of hydrogen-bond donors (Lipinski definition) is 1. The molecular weight excluding hydrogens is 450 g/mol. The third kappa shape index (κ3) is 5.06. The monoisotopic (exact) mass is 485 g/mol. The van der Waals surface area contributed by atoms with Crippen molar-refractivity contribution in [3.8, 4) is 11.5 Å². The minimum atomic E-state index is -0.946. The van der Waals surface area contributed by atoms with E-state index in [9.17, 15) is 14.4 Å². The van der Waals surface area contributed by atoms with Crippen molar-refractivity contribution in [3.63, 3.8) is 0 Å². The topological polar surface area (TPSA) is 100 Å². The number of methoxy groups -OCH3 is 2. The van der Waals surface area contributed by atoms with Crippen LogP contribution in [0.4, 0.5) is 0 Å². The fourth-order valence-corrected chi connectivity index (χ4v) is 4.75. The highest BCUT2D eigenvalue weighted by atomic mass is 16.5. The smallest absolute Gasteiger partial charge is 0.337 e. The summed E-state index contributed by atoms with van der Waals surface area (Å²) >= 11 is 0. The maximum Gasteiger partial charge on any atom is 0.337 e. The molecule has 8 nitrogen and oxygen atoms in total. The van der Waals surface area contributed by atoms with Crippen LogP contribution >= 0.6 is 0 Å². The molecule has 3 rings (SSSR count). The Bertz CT molecular complexity index is 1070. The molecule has 1 heterocycles. The molecule has 0 amide bonds. The Balaban J connectivity index is 2.20. The van der Waals surface area contributed by atoms with E-state index in [1.807, 2.05) is 33.8 Å². The molecule has 0 radical (unpaired) electrons. The van der Waals surface area contributed by atoms with Gasteiger partial charge in [-0.1, -0.05) is 19.9 Å². The molecule has 35 heavy (non-hydrogen) atoms. The molecule has 0 bridgehead atoms. The van der Waals surface area contributed by atoms with Gasteiger partial charge in [0.15, 0.2) is 17.3 Å². The highest BCUT2D eigenvalue weighted by Gasteiger charge is 2.47. The first kappa shape index (κ1) is 26.3. The molecule has 1 aromatic carbocycles. The zero-order chi connectivity index (χ0) is 25.9. The molecule has 1 aromatic rings. The number of Topliss-reactive ketones (excluding diaryl/α,β-unsaturated/α-hetero) is 1. The third-order valence-corrected chi connectivity index (χ3v) is 6.67. The van der Waals surface area contributed by atoms with Crippen molar-refractivity contribution in [2.45, 2.75) is 59.5 Å². The minimum Gasteiger partial charge on any atom is -0.493 e. The van der Waals surface area contributed by atoms with E-state index in [2.05, 4.69) is 5.32 Å². The summed E-state index contributed by atoms with van der Waals surface area (Å²) in [7, 11) is 2.81. The average molecular weight is 486 g/mol. The van der Waals surface area contributed by atoms with Crippen LogP contribution in [0, 0.1) is 11.8 Å². The summed E-state index contributed by atoms with van der Waals surface area (Å²) in [5.74, 6) is -2.32. The summed E-state index contributed by atoms with van der Waals surface area (Å²) in [5.41, 5.74) is 2.71. The second-order valence-corrected chi connectivity index (χ2v) is 9.00. The molecule has 0 unspecified atom stereocenters. The van der Waals surface area contributed by atoms with Crippen molar-refractivity contribution in [2.24, 2.45) is 11.8 Å². The standard InChI is InChI=1S/C27H35NO7/c1-8-15(4)35-27(31)22-16(5)28-18-12-14(3)21(26(30)33-7)25(29)24(18)23(22)17-10-11-19(34-9-2)20(13-17)32-6/h10-11,13-15,21,23,28H,8-9,12H2,1-7H3/t14-,15-,21+,23-/m1/s1. The van der Waals surface area contributed by atoms with Gasteiger partial charge in [-0.25, -0.2) is 4.79 Å². The Kier molecular flexibility index (Phi) is 8.25. The number of nitrogens with one attached hydrogen (secondary N) is 1. The van der Waals surface area contributed by atoms with Gasteiger partial charge in [0.25, 0.3) is 0 Å². The van der Waals surface area contributed by atoms with E-state index in [1.54, 1.807) is 19.1 Å². The molecule has 2 aliphatic rings. The van der Waals surface area contributed by atoms with E-state index >= 15 is 0 Å². The lowest BCUT2D eigenvalue weighted by atomic mass is 9.69. The number of rotatable bonds is 8. The Labute approximate surface area is 206 Å². The normalized spacial score (nSPS) is 22.7. The summed E-state index contributed by atoms with van der Waals surface area (Å²) in [5, 5.41) is 3.27. The van der Waals surface area contributed by atoms with Gasteiger partial charge in [0, 0.05) is 22.9 Å². The van der Waals surface area contributed by atoms with Crippen LogP contribution in [-0.4, -0.2) is 44.7 Å². The van der Waals surface area contributed by atoms with Crippen molar-refractivity contribution >= 4 is 17.7 Å². The predicted molar refractivity (Wildman–Crippen MR) is 130 cm³/mol. The zero-order valence-corrected chi connectivity index (χ0v) is 21.5. The maximum atomic E-state index is 13.8. The number of dihydropyridines is 1. The Morgan fingerprint density at radius 2 is 1.89 bits per heavy atom. The van der Waals surface area contributed by atoms with E-state index < -0.39 is 23.8 Å². The summed E-state index contributed by atoms with van der Waals surface area (Å²) < 4.78 is 21.8. The third-order valence-electron chi connectivity index (χ3n) is 6.67. The molecular formula is C27H35NO7. The highest BCUT2D eigenvalue weighted by molar-refractivity contribution is 6.12. The number of ketones is 1. The van der Waals surface area contributed by atoms with E-state index in [0.29, 0.717) is 59.1 Å². The second kappa shape index (κ2) is 11.0. The fraction of sp³-hybridized carbons (Fsp3) is 0.519. The number of hydrogen-bond acceptors (Lipinski definition) is 8. The summed E-state index contributed by atoms with van der Waals surface area (Å²) in [6.45, 7) is 9.75. The van der Waals surface area contributed by atoms with Crippen molar-refractivity contribution in [2.75, 3.05) is 20.8 Å². The van der Waals surface area contributed by atoms with Crippen molar-refractivity contribution in [3.05, 3.63) is 46.3 Å². The van der Waals surface area contributed by atoms with Gasteiger partial charge in [-0.2, -0.15) is 0 Å². The SMILES string of the molecule is CCOc1ccc([C@@H]2C(C(=O)O[C@H](C)CC)=C(C)NC3=C2C(=O)[C@@H](C(=O)OC)[C@H](C)C3)cc1OC. The molecule has 0 saturated carbocycles. The molecule has 0 fully saturated rings. The van der Waals surface area contributed by atoms with Crippen molar-refractivity contribution in [1.82, 2.24) is 5.32 Å². The van der Waals surface area contributed by atoms with Gasteiger partial charge in [0.2, 0.25) is 0 Å². The first-order chi connectivity index (χ1) is 16.7. The van der Waals surface area contributed by atoms with Crippen LogP contribution in [0.2, 0.25) is 0 Å². The predicted octanol–water partition coefficient (Wildman–Crippen LogP) is 4.05.